The van der Waals surface area contributed by atoms with Gasteiger partial charge in [-0.25, -0.2) is 18.2 Å². The molecule has 4 N–H and O–H groups in total. The normalized spacial score (nSPS) is 19.9. The van der Waals surface area contributed by atoms with Crippen molar-refractivity contribution in [2.75, 3.05) is 24.3 Å². The van der Waals surface area contributed by atoms with Gasteiger partial charge in [0.05, 0.1) is 35.0 Å². The second-order valence-corrected chi connectivity index (χ2v) is 8.19. The van der Waals surface area contributed by atoms with Gasteiger partial charge in [0.1, 0.15) is 5.82 Å². The number of aromatic nitrogens is 2. The molecule has 174 valence electrons. The Bertz CT molecular complexity index is 1190. The molecule has 1 aliphatic rings. The second kappa shape index (κ2) is 8.86. The summed E-state index contributed by atoms with van der Waals surface area (Å²) in [6, 6.07) is 8.38. The average Bonchev–Trinajstić information content (AvgIpc) is 2.78. The first-order chi connectivity index (χ1) is 15.7. The summed E-state index contributed by atoms with van der Waals surface area (Å²) < 4.78 is 44.0. The summed E-state index contributed by atoms with van der Waals surface area (Å²) in [7, 11) is 2.98. The Labute approximate surface area is 189 Å². The molecule has 7 nitrogen and oxygen atoms in total. The molecule has 3 aromatic rings. The first kappa shape index (κ1) is 22.8. The number of fused-ring (bicyclic) bond motifs is 1. The van der Waals surface area contributed by atoms with Crippen LogP contribution in [0.1, 0.15) is 29.6 Å². The van der Waals surface area contributed by atoms with E-state index in [1.54, 1.807) is 12.3 Å². The number of halogens is 3. The molecule has 1 fully saturated rings. The van der Waals surface area contributed by atoms with Crippen molar-refractivity contribution < 1.29 is 18.0 Å². The lowest BCUT2D eigenvalue weighted by Gasteiger charge is -2.42. The molecule has 0 radical (unpaired) electrons. The predicted molar refractivity (Wildman–Crippen MR) is 122 cm³/mol. The number of pyridine rings is 2. The van der Waals surface area contributed by atoms with Crippen molar-refractivity contribution in [2.24, 2.45) is 5.73 Å². The van der Waals surface area contributed by atoms with Crippen LogP contribution in [0, 0.1) is 5.82 Å². The number of benzene rings is 1. The number of hydrogen-bond acceptors (Lipinski definition) is 6. The Morgan fingerprint density at radius 1 is 1.27 bits per heavy atom. The predicted octanol–water partition coefficient (Wildman–Crippen LogP) is 3.82. The highest BCUT2D eigenvalue weighted by Gasteiger charge is 2.48. The molecule has 2 aromatic heterocycles. The van der Waals surface area contributed by atoms with Crippen molar-refractivity contribution in [3.8, 4) is 0 Å². The fourth-order valence-corrected chi connectivity index (χ4v) is 4.41. The minimum atomic E-state index is -2.94. The van der Waals surface area contributed by atoms with Crippen molar-refractivity contribution >= 4 is 34.1 Å². The Morgan fingerprint density at radius 3 is 2.76 bits per heavy atom. The van der Waals surface area contributed by atoms with E-state index >= 15 is 4.39 Å². The summed E-state index contributed by atoms with van der Waals surface area (Å²) in [4.78, 5) is 22.0. The summed E-state index contributed by atoms with van der Waals surface area (Å²) in [6.07, 6.45) is 2.06. The Balaban J connectivity index is 1.72. The molecule has 2 atom stereocenters. The number of primary amides is 1. The van der Waals surface area contributed by atoms with Gasteiger partial charge in [0.2, 0.25) is 0 Å². The van der Waals surface area contributed by atoms with E-state index in [0.717, 1.165) is 17.0 Å². The van der Waals surface area contributed by atoms with E-state index in [-0.39, 0.29) is 23.6 Å². The topological polar surface area (TPSA) is 96.2 Å². The van der Waals surface area contributed by atoms with E-state index in [0.29, 0.717) is 18.5 Å². The number of likely N-dealkylation sites (N-methyl/N-ethyl adjacent to an activating group) is 2. The van der Waals surface area contributed by atoms with Gasteiger partial charge in [0.25, 0.3) is 11.8 Å². The second-order valence-electron chi connectivity index (χ2n) is 8.19. The number of para-hydroxylation sites is 1. The number of anilines is 3. The van der Waals surface area contributed by atoms with Gasteiger partial charge in [0, 0.05) is 18.9 Å². The Morgan fingerprint density at radius 2 is 2.03 bits per heavy atom. The van der Waals surface area contributed by atoms with Gasteiger partial charge in [0.15, 0.2) is 11.6 Å². The number of amides is 1. The van der Waals surface area contributed by atoms with Crippen molar-refractivity contribution in [2.45, 2.75) is 37.3 Å². The lowest BCUT2D eigenvalue weighted by molar-refractivity contribution is -0.0685. The van der Waals surface area contributed by atoms with Crippen molar-refractivity contribution in [1.82, 2.24) is 15.3 Å². The van der Waals surface area contributed by atoms with Gasteiger partial charge < -0.3 is 21.3 Å². The van der Waals surface area contributed by atoms with E-state index < -0.39 is 29.7 Å². The van der Waals surface area contributed by atoms with E-state index in [1.807, 2.05) is 24.3 Å². The molecule has 1 amide bonds. The zero-order valence-corrected chi connectivity index (χ0v) is 18.3. The Hall–Kier alpha value is -3.40. The SMILES string of the molecule is CNC1C(N(C)c2nc(Nc3cnc4ccccc4c3)c(C(N)=O)cc2F)CCCC1(F)F. The molecular weight excluding hydrogens is 433 g/mol. The number of rotatable bonds is 6. The maximum atomic E-state index is 15.0. The molecule has 10 heteroatoms. The molecule has 2 heterocycles. The van der Waals surface area contributed by atoms with Crippen LogP contribution in [0.2, 0.25) is 0 Å². The van der Waals surface area contributed by atoms with Crippen LogP contribution < -0.4 is 21.3 Å². The van der Waals surface area contributed by atoms with Crippen molar-refractivity contribution in [3.63, 3.8) is 0 Å². The molecule has 2 unspecified atom stereocenters. The van der Waals surface area contributed by atoms with Crippen LogP contribution in [0.3, 0.4) is 0 Å². The molecule has 0 saturated heterocycles. The highest BCUT2D eigenvalue weighted by atomic mass is 19.3. The largest absolute Gasteiger partial charge is 0.365 e. The van der Waals surface area contributed by atoms with Gasteiger partial charge in [-0.05, 0) is 38.1 Å². The fraction of sp³-hybridized carbons (Fsp3) is 0.348. The van der Waals surface area contributed by atoms with Gasteiger partial charge in [-0.3, -0.25) is 9.78 Å². The van der Waals surface area contributed by atoms with Crippen molar-refractivity contribution in [1.29, 1.82) is 0 Å². The fourth-order valence-electron chi connectivity index (χ4n) is 4.41. The minimum Gasteiger partial charge on any atom is -0.365 e. The van der Waals surface area contributed by atoms with Crippen LogP contribution in [0.25, 0.3) is 10.9 Å². The number of hydrogen-bond donors (Lipinski definition) is 3. The van der Waals surface area contributed by atoms with Crippen LogP contribution in [-0.4, -0.2) is 48.0 Å². The maximum absolute atomic E-state index is 15.0. The van der Waals surface area contributed by atoms with Crippen LogP contribution in [-0.2, 0) is 0 Å². The summed E-state index contributed by atoms with van der Waals surface area (Å²) in [5.41, 5.74) is 6.59. The van der Waals surface area contributed by atoms with Gasteiger partial charge in [-0.1, -0.05) is 18.2 Å². The first-order valence-corrected chi connectivity index (χ1v) is 10.6. The van der Waals surface area contributed by atoms with Crippen LogP contribution >= 0.6 is 0 Å². The van der Waals surface area contributed by atoms with Crippen LogP contribution in [0.4, 0.5) is 30.5 Å². The molecule has 1 aliphatic carbocycles. The quantitative estimate of drug-likeness (QED) is 0.520. The monoisotopic (exact) mass is 458 g/mol. The third-order valence-corrected chi connectivity index (χ3v) is 6.07. The number of carbonyl (C=O) groups is 1. The van der Waals surface area contributed by atoms with Gasteiger partial charge >= 0.3 is 0 Å². The van der Waals surface area contributed by atoms with E-state index in [1.165, 1.54) is 19.0 Å². The van der Waals surface area contributed by atoms with E-state index in [4.69, 9.17) is 5.73 Å². The molecule has 0 bridgehead atoms. The molecule has 0 spiro atoms. The molecule has 0 aliphatic heterocycles. The van der Waals surface area contributed by atoms with Crippen LogP contribution in [0.15, 0.2) is 42.6 Å². The van der Waals surface area contributed by atoms with Crippen molar-refractivity contribution in [3.05, 3.63) is 54.0 Å². The Kier molecular flexibility index (Phi) is 6.11. The molecule has 4 rings (SSSR count). The summed E-state index contributed by atoms with van der Waals surface area (Å²) in [6.45, 7) is 0. The number of nitrogens with two attached hydrogens (primary N) is 1. The molecule has 1 saturated carbocycles. The molecule has 33 heavy (non-hydrogen) atoms. The van der Waals surface area contributed by atoms with E-state index in [9.17, 15) is 13.6 Å². The van der Waals surface area contributed by atoms with E-state index in [2.05, 4.69) is 20.6 Å². The van der Waals surface area contributed by atoms with Gasteiger partial charge in [-0.2, -0.15) is 0 Å². The lowest BCUT2D eigenvalue weighted by Crippen LogP contribution is -2.59. The summed E-state index contributed by atoms with van der Waals surface area (Å²) in [5, 5.41) is 6.51. The van der Waals surface area contributed by atoms with Gasteiger partial charge in [-0.15, -0.1) is 0 Å². The molecular formula is C23H25F3N6O. The lowest BCUT2D eigenvalue weighted by atomic mass is 9.86. The number of nitrogens with zero attached hydrogens (tertiary/aromatic N) is 3. The number of carbonyl (C=O) groups excluding carboxylic acids is 1. The zero-order valence-electron chi connectivity index (χ0n) is 18.3. The first-order valence-electron chi connectivity index (χ1n) is 10.6. The standard InChI is InChI=1S/C23H25F3N6O/c1-28-19-18(8-5-9-23(19,25)26)32(2)22-16(24)11-15(20(27)33)21(31-22)30-14-10-13-6-3-4-7-17(13)29-12-14/h3-4,6-7,10-12,18-19,28H,5,8-9H2,1-2H3,(H2,27,33)(H,30,31). The average molecular weight is 458 g/mol. The maximum Gasteiger partial charge on any atom is 0.265 e. The highest BCUT2D eigenvalue weighted by Crippen LogP contribution is 2.37. The third kappa shape index (κ3) is 4.43. The summed E-state index contributed by atoms with van der Waals surface area (Å²) >= 11 is 0. The highest BCUT2D eigenvalue weighted by molar-refractivity contribution is 5.99. The molecule has 1 aromatic carbocycles. The smallest absolute Gasteiger partial charge is 0.265 e. The number of alkyl halides is 2. The number of nitrogens with one attached hydrogen (secondary N) is 2. The minimum absolute atomic E-state index is 0.0198. The third-order valence-electron chi connectivity index (χ3n) is 6.07. The zero-order chi connectivity index (χ0) is 23.8. The summed E-state index contributed by atoms with van der Waals surface area (Å²) in [5.74, 6) is -4.76. The van der Waals surface area contributed by atoms with Crippen LogP contribution in [0.5, 0.6) is 0 Å².